The van der Waals surface area contributed by atoms with Crippen LogP contribution in [0.15, 0.2) is 186 Å². The second kappa shape index (κ2) is 12.1. The average molecular weight is 691 g/mol. The lowest BCUT2D eigenvalue weighted by Crippen LogP contribution is -2.01. The van der Waals surface area contributed by atoms with Gasteiger partial charge in [-0.3, -0.25) is 0 Å². The average Bonchev–Trinajstić information content (AvgIpc) is 3.80. The second-order valence-electron chi connectivity index (χ2n) is 13.6. The van der Waals surface area contributed by atoms with E-state index in [1.165, 1.54) is 10.8 Å². The summed E-state index contributed by atoms with van der Waals surface area (Å²) in [6.45, 7) is 0. The number of para-hydroxylation sites is 3. The molecule has 0 aliphatic heterocycles. The molecule has 54 heavy (non-hydrogen) atoms. The lowest BCUT2D eigenvalue weighted by Gasteiger charge is -2.12. The minimum Gasteiger partial charge on any atom is -0.455 e. The molecule has 8 aromatic carbocycles. The molecule has 0 fully saturated rings. The van der Waals surface area contributed by atoms with Gasteiger partial charge in [0.25, 0.3) is 0 Å². The minimum absolute atomic E-state index is 0.608. The van der Waals surface area contributed by atoms with E-state index in [0.29, 0.717) is 17.5 Å². The molecule has 0 unspecified atom stereocenters. The molecule has 0 bridgehead atoms. The maximum absolute atomic E-state index is 6.52. The van der Waals surface area contributed by atoms with E-state index in [0.717, 1.165) is 77.2 Å². The van der Waals surface area contributed by atoms with Crippen molar-refractivity contribution in [2.75, 3.05) is 0 Å². The molecule has 5 nitrogen and oxygen atoms in total. The number of nitrogens with zero attached hydrogens (tertiary/aromatic N) is 4. The number of hydrogen-bond acceptors (Lipinski definition) is 4. The third-order valence-corrected chi connectivity index (χ3v) is 10.4. The van der Waals surface area contributed by atoms with E-state index in [9.17, 15) is 0 Å². The Hall–Kier alpha value is -7.37. The summed E-state index contributed by atoms with van der Waals surface area (Å²) in [5.74, 6) is 1.84. The van der Waals surface area contributed by atoms with E-state index in [-0.39, 0.29) is 0 Å². The van der Waals surface area contributed by atoms with Gasteiger partial charge < -0.3 is 8.98 Å². The fourth-order valence-electron chi connectivity index (χ4n) is 7.95. The largest absolute Gasteiger partial charge is 0.455 e. The maximum atomic E-state index is 6.52. The van der Waals surface area contributed by atoms with Crippen molar-refractivity contribution in [2.24, 2.45) is 0 Å². The number of furan rings is 1. The predicted octanol–water partition coefficient (Wildman–Crippen LogP) is 12.7. The summed E-state index contributed by atoms with van der Waals surface area (Å²) in [6.07, 6.45) is 0. The molecule has 0 radical (unpaired) electrons. The first-order chi connectivity index (χ1) is 26.8. The summed E-state index contributed by atoms with van der Waals surface area (Å²) in [6, 6.07) is 63.2. The van der Waals surface area contributed by atoms with Gasteiger partial charge in [-0.15, -0.1) is 0 Å². The molecule has 0 saturated heterocycles. The van der Waals surface area contributed by atoms with Crippen LogP contribution in [0.5, 0.6) is 0 Å². The molecule has 0 N–H and O–H groups in total. The molecule has 5 heteroatoms. The number of hydrogen-bond donors (Lipinski definition) is 0. The van der Waals surface area contributed by atoms with Crippen LogP contribution >= 0.6 is 0 Å². The Morgan fingerprint density at radius 2 is 0.963 bits per heavy atom. The second-order valence-corrected chi connectivity index (χ2v) is 13.6. The van der Waals surface area contributed by atoms with Gasteiger partial charge in [0.15, 0.2) is 17.5 Å². The molecule has 0 amide bonds. The van der Waals surface area contributed by atoms with Crippen molar-refractivity contribution in [3.05, 3.63) is 182 Å². The van der Waals surface area contributed by atoms with E-state index in [4.69, 9.17) is 19.4 Å². The van der Waals surface area contributed by atoms with Gasteiger partial charge in [0.2, 0.25) is 0 Å². The lowest BCUT2D eigenvalue weighted by atomic mass is 9.95. The summed E-state index contributed by atoms with van der Waals surface area (Å²) in [5, 5.41) is 6.89. The summed E-state index contributed by atoms with van der Waals surface area (Å²) in [5.41, 5.74) is 10.0. The highest BCUT2D eigenvalue weighted by Crippen LogP contribution is 2.40. The highest BCUT2D eigenvalue weighted by molar-refractivity contribution is 6.19. The summed E-state index contributed by atoms with van der Waals surface area (Å²) in [7, 11) is 0. The van der Waals surface area contributed by atoms with Gasteiger partial charge in [-0.05, 0) is 59.0 Å². The molecule has 0 spiro atoms. The number of benzene rings is 8. The van der Waals surface area contributed by atoms with Crippen LogP contribution in [0, 0.1) is 0 Å². The molecule has 3 aromatic heterocycles. The van der Waals surface area contributed by atoms with Crippen molar-refractivity contribution < 1.29 is 4.42 Å². The van der Waals surface area contributed by atoms with Crippen molar-refractivity contribution in [3.63, 3.8) is 0 Å². The smallest absolute Gasteiger partial charge is 0.164 e. The van der Waals surface area contributed by atoms with Gasteiger partial charge in [-0.25, -0.2) is 15.0 Å². The molecule has 11 rings (SSSR count). The third-order valence-electron chi connectivity index (χ3n) is 10.4. The molecule has 0 aliphatic rings. The number of fused-ring (bicyclic) bond motifs is 8. The van der Waals surface area contributed by atoms with Crippen LogP contribution in [0.1, 0.15) is 0 Å². The van der Waals surface area contributed by atoms with Crippen LogP contribution < -0.4 is 0 Å². The van der Waals surface area contributed by atoms with E-state index >= 15 is 0 Å². The molecule has 252 valence electrons. The Balaban J connectivity index is 1.08. The number of rotatable bonds is 5. The summed E-state index contributed by atoms with van der Waals surface area (Å²) in [4.78, 5) is 15.3. The van der Waals surface area contributed by atoms with Gasteiger partial charge in [0.05, 0.1) is 11.0 Å². The number of aromatic nitrogens is 4. The van der Waals surface area contributed by atoms with Gasteiger partial charge in [0, 0.05) is 49.3 Å². The van der Waals surface area contributed by atoms with Crippen LogP contribution in [0.3, 0.4) is 0 Å². The Labute approximate surface area is 310 Å². The van der Waals surface area contributed by atoms with Crippen LogP contribution in [-0.2, 0) is 0 Å². The SMILES string of the molecule is c1ccc(-c2nc(-c3cccc(-c4cccc5ccc6c7ccccc7oc6c45)c3)nc(-c3cccc(-n4c5ccccc5c5ccccc54)c3)n2)cc1. The first-order valence-corrected chi connectivity index (χ1v) is 18.1. The minimum atomic E-state index is 0.608. The lowest BCUT2D eigenvalue weighted by molar-refractivity contribution is 0.673. The van der Waals surface area contributed by atoms with Crippen LogP contribution in [-0.4, -0.2) is 19.5 Å². The Kier molecular flexibility index (Phi) is 6.79. The van der Waals surface area contributed by atoms with Crippen molar-refractivity contribution >= 4 is 54.5 Å². The zero-order valence-electron chi connectivity index (χ0n) is 29.0. The predicted molar refractivity (Wildman–Crippen MR) is 221 cm³/mol. The fraction of sp³-hybridized carbons (Fsp3) is 0. The first kappa shape index (κ1) is 30.3. The van der Waals surface area contributed by atoms with Crippen LogP contribution in [0.2, 0.25) is 0 Å². The van der Waals surface area contributed by atoms with Crippen molar-refractivity contribution in [1.82, 2.24) is 19.5 Å². The van der Waals surface area contributed by atoms with E-state index in [1.807, 2.05) is 42.5 Å². The van der Waals surface area contributed by atoms with Gasteiger partial charge in [-0.2, -0.15) is 0 Å². The standard InChI is InChI=1S/C49H30N4O/c1-2-13-32(14-3-1)47-50-48(52-49(51-47)35-18-11-19-36(30-35)53-42-24-7-4-20-38(42)39-21-5-8-25-43(39)53)34-17-10-16-33(29-34)37-23-12-15-31-27-28-41-40-22-6-9-26-44(40)54-46(41)45(31)37/h1-30H. The van der Waals surface area contributed by atoms with E-state index in [1.54, 1.807) is 0 Å². The fourth-order valence-corrected chi connectivity index (χ4v) is 7.95. The Bertz CT molecular complexity index is 3180. The normalized spacial score (nSPS) is 11.7. The van der Waals surface area contributed by atoms with Crippen molar-refractivity contribution in [3.8, 4) is 51.0 Å². The molecule has 11 aromatic rings. The molecule has 0 aliphatic carbocycles. The summed E-state index contributed by atoms with van der Waals surface area (Å²) < 4.78 is 8.84. The molecular weight excluding hydrogens is 661 g/mol. The Morgan fingerprint density at radius 1 is 0.389 bits per heavy atom. The highest BCUT2D eigenvalue weighted by Gasteiger charge is 2.18. The maximum Gasteiger partial charge on any atom is 0.164 e. The molecular formula is C49H30N4O. The topological polar surface area (TPSA) is 56.7 Å². The quantitative estimate of drug-likeness (QED) is 0.180. The molecule has 3 heterocycles. The zero-order chi connectivity index (χ0) is 35.6. The summed E-state index contributed by atoms with van der Waals surface area (Å²) >= 11 is 0. The van der Waals surface area contributed by atoms with E-state index in [2.05, 4.69) is 144 Å². The molecule has 0 atom stereocenters. The van der Waals surface area contributed by atoms with Crippen LogP contribution in [0.25, 0.3) is 105 Å². The third kappa shape index (κ3) is 4.83. The first-order valence-electron chi connectivity index (χ1n) is 18.1. The zero-order valence-corrected chi connectivity index (χ0v) is 29.0. The van der Waals surface area contributed by atoms with Gasteiger partial charge in [-0.1, -0.05) is 140 Å². The van der Waals surface area contributed by atoms with Crippen LogP contribution in [0.4, 0.5) is 0 Å². The van der Waals surface area contributed by atoms with Gasteiger partial charge >= 0.3 is 0 Å². The van der Waals surface area contributed by atoms with Crippen molar-refractivity contribution in [2.45, 2.75) is 0 Å². The van der Waals surface area contributed by atoms with E-state index < -0.39 is 0 Å². The monoisotopic (exact) mass is 690 g/mol. The highest BCUT2D eigenvalue weighted by atomic mass is 16.3. The van der Waals surface area contributed by atoms with Crippen molar-refractivity contribution in [1.29, 1.82) is 0 Å². The molecule has 0 saturated carbocycles. The van der Waals surface area contributed by atoms with Gasteiger partial charge in [0.1, 0.15) is 11.2 Å². The Morgan fingerprint density at radius 3 is 1.72 bits per heavy atom.